The van der Waals surface area contributed by atoms with Gasteiger partial charge >= 0.3 is 18.1 Å². The molecular weight excluding hydrogens is 264 g/mol. The molecule has 1 aromatic rings. The standard InChI is InChI=1S/C7H12O4.C7H6O2/c1-3-5-6(8)11-7(9)10-4-2;8-7(9)6-4-2-1-3-5-6/h3-5H2,1-2H3;1-5H,(H,8,9). The number of carboxylic acids is 1. The summed E-state index contributed by atoms with van der Waals surface area (Å²) in [4.78, 5) is 31.3. The van der Waals surface area contributed by atoms with Crippen molar-refractivity contribution in [1.29, 1.82) is 0 Å². The second kappa shape index (κ2) is 10.5. The summed E-state index contributed by atoms with van der Waals surface area (Å²) in [5, 5.41) is 8.38. The van der Waals surface area contributed by atoms with Crippen molar-refractivity contribution in [3.63, 3.8) is 0 Å². The van der Waals surface area contributed by atoms with Crippen LogP contribution in [0.15, 0.2) is 30.3 Å². The monoisotopic (exact) mass is 282 g/mol. The second-order valence-electron chi connectivity index (χ2n) is 3.58. The van der Waals surface area contributed by atoms with E-state index in [2.05, 4.69) is 9.47 Å². The first-order chi connectivity index (χ1) is 9.51. The van der Waals surface area contributed by atoms with Gasteiger partial charge in [0, 0.05) is 6.42 Å². The predicted octanol–water partition coefficient (Wildman–Crippen LogP) is 2.87. The van der Waals surface area contributed by atoms with Crippen LogP contribution < -0.4 is 0 Å². The Bertz CT molecular complexity index is 411. The third-order valence-electron chi connectivity index (χ3n) is 1.93. The van der Waals surface area contributed by atoms with Crippen molar-refractivity contribution < 1.29 is 29.0 Å². The van der Waals surface area contributed by atoms with Gasteiger partial charge in [-0.15, -0.1) is 0 Å². The van der Waals surface area contributed by atoms with E-state index in [1.807, 2.05) is 6.92 Å². The highest BCUT2D eigenvalue weighted by atomic mass is 16.7. The van der Waals surface area contributed by atoms with Crippen molar-refractivity contribution in [2.75, 3.05) is 6.61 Å². The van der Waals surface area contributed by atoms with Gasteiger partial charge in [0.25, 0.3) is 0 Å². The molecule has 6 nitrogen and oxygen atoms in total. The maximum atomic E-state index is 10.6. The number of benzene rings is 1. The van der Waals surface area contributed by atoms with Crippen molar-refractivity contribution in [2.45, 2.75) is 26.7 Å². The number of carbonyl (C=O) groups excluding carboxylic acids is 2. The van der Waals surface area contributed by atoms with E-state index in [1.165, 1.54) is 0 Å². The molecule has 1 N–H and O–H groups in total. The highest BCUT2D eigenvalue weighted by Crippen LogP contribution is 1.96. The molecule has 0 atom stereocenters. The van der Waals surface area contributed by atoms with Gasteiger partial charge in [-0.1, -0.05) is 25.1 Å². The van der Waals surface area contributed by atoms with E-state index in [0.717, 1.165) is 0 Å². The summed E-state index contributed by atoms with van der Waals surface area (Å²) in [5.74, 6) is -1.42. The molecule has 0 saturated carbocycles. The lowest BCUT2D eigenvalue weighted by atomic mass is 10.2. The van der Waals surface area contributed by atoms with E-state index in [-0.39, 0.29) is 13.0 Å². The van der Waals surface area contributed by atoms with Crippen molar-refractivity contribution in [2.24, 2.45) is 0 Å². The minimum absolute atomic E-state index is 0.220. The van der Waals surface area contributed by atoms with Crippen LogP contribution in [0.3, 0.4) is 0 Å². The van der Waals surface area contributed by atoms with Crippen LogP contribution in [-0.4, -0.2) is 29.8 Å². The number of hydrogen-bond acceptors (Lipinski definition) is 5. The Morgan fingerprint density at radius 3 is 2.10 bits per heavy atom. The van der Waals surface area contributed by atoms with Crippen LogP contribution >= 0.6 is 0 Å². The fourth-order valence-electron chi connectivity index (χ4n) is 1.08. The second-order valence-corrected chi connectivity index (χ2v) is 3.58. The van der Waals surface area contributed by atoms with Crippen LogP contribution in [0.1, 0.15) is 37.0 Å². The molecule has 0 radical (unpaired) electrons. The maximum absolute atomic E-state index is 10.6. The van der Waals surface area contributed by atoms with Crippen LogP contribution in [0.5, 0.6) is 0 Å². The van der Waals surface area contributed by atoms with Crippen molar-refractivity contribution in [3.8, 4) is 0 Å². The highest BCUT2D eigenvalue weighted by molar-refractivity contribution is 5.87. The van der Waals surface area contributed by atoms with Gasteiger partial charge in [0.1, 0.15) is 0 Å². The Hall–Kier alpha value is -2.37. The number of ether oxygens (including phenoxy) is 2. The van der Waals surface area contributed by atoms with Crippen LogP contribution in [-0.2, 0) is 14.3 Å². The lowest BCUT2D eigenvalue weighted by Crippen LogP contribution is -2.12. The lowest BCUT2D eigenvalue weighted by Gasteiger charge is -2.00. The normalized spacial score (nSPS) is 8.90. The lowest BCUT2D eigenvalue weighted by molar-refractivity contribution is -0.139. The van der Waals surface area contributed by atoms with Gasteiger partial charge in [-0.25, -0.2) is 9.59 Å². The molecule has 0 spiro atoms. The first kappa shape index (κ1) is 17.6. The number of carbonyl (C=O) groups is 3. The Morgan fingerprint density at radius 2 is 1.70 bits per heavy atom. The summed E-state index contributed by atoms with van der Waals surface area (Å²) in [6.07, 6.45) is 0.00259. The fraction of sp³-hybridized carbons (Fsp3) is 0.357. The van der Waals surface area contributed by atoms with Crippen molar-refractivity contribution in [1.82, 2.24) is 0 Å². The molecule has 0 amide bonds. The number of esters is 1. The molecule has 20 heavy (non-hydrogen) atoms. The first-order valence-electron chi connectivity index (χ1n) is 6.17. The molecule has 0 bridgehead atoms. The number of rotatable bonds is 4. The summed E-state index contributed by atoms with van der Waals surface area (Å²) < 4.78 is 8.61. The zero-order chi connectivity index (χ0) is 15.4. The topological polar surface area (TPSA) is 89.9 Å². The molecule has 0 fully saturated rings. The molecule has 1 aromatic carbocycles. The number of aromatic carboxylic acids is 1. The molecular formula is C14H18O6. The minimum atomic E-state index is -0.911. The van der Waals surface area contributed by atoms with Crippen LogP contribution in [0.25, 0.3) is 0 Å². The molecule has 0 heterocycles. The van der Waals surface area contributed by atoms with Gasteiger partial charge in [-0.05, 0) is 25.5 Å². The quantitative estimate of drug-likeness (QED) is 0.674. The summed E-state index contributed by atoms with van der Waals surface area (Å²) in [6.45, 7) is 3.69. The molecule has 0 unspecified atom stereocenters. The fourth-order valence-corrected chi connectivity index (χ4v) is 1.08. The number of hydrogen-bond donors (Lipinski definition) is 1. The van der Waals surface area contributed by atoms with Gasteiger partial charge in [0.05, 0.1) is 12.2 Å². The smallest absolute Gasteiger partial charge is 0.478 e. The van der Waals surface area contributed by atoms with Gasteiger partial charge < -0.3 is 14.6 Å². The van der Waals surface area contributed by atoms with Gasteiger partial charge in [0.2, 0.25) is 0 Å². The first-order valence-corrected chi connectivity index (χ1v) is 6.17. The summed E-state index contributed by atoms with van der Waals surface area (Å²) in [5.41, 5.74) is 0.331. The molecule has 0 aromatic heterocycles. The average molecular weight is 282 g/mol. The third-order valence-corrected chi connectivity index (χ3v) is 1.93. The van der Waals surface area contributed by atoms with Crippen LogP contribution in [0.4, 0.5) is 4.79 Å². The Labute approximate surface area is 117 Å². The SMILES string of the molecule is CCCC(=O)OC(=O)OCC.O=C(O)c1ccccc1. The molecule has 0 aliphatic carbocycles. The summed E-state index contributed by atoms with van der Waals surface area (Å²) >= 11 is 0. The molecule has 0 aliphatic heterocycles. The molecule has 0 aliphatic rings. The van der Waals surface area contributed by atoms with Crippen molar-refractivity contribution in [3.05, 3.63) is 35.9 Å². The van der Waals surface area contributed by atoms with Gasteiger partial charge in [0.15, 0.2) is 0 Å². The van der Waals surface area contributed by atoms with Crippen LogP contribution in [0, 0.1) is 0 Å². The highest BCUT2D eigenvalue weighted by Gasteiger charge is 2.08. The maximum Gasteiger partial charge on any atom is 0.516 e. The Balaban J connectivity index is 0.000000367. The van der Waals surface area contributed by atoms with E-state index < -0.39 is 18.1 Å². The zero-order valence-corrected chi connectivity index (χ0v) is 11.5. The van der Waals surface area contributed by atoms with Gasteiger partial charge in [-0.3, -0.25) is 4.79 Å². The van der Waals surface area contributed by atoms with E-state index in [4.69, 9.17) is 5.11 Å². The van der Waals surface area contributed by atoms with E-state index in [0.29, 0.717) is 12.0 Å². The van der Waals surface area contributed by atoms with Crippen molar-refractivity contribution >= 4 is 18.1 Å². The molecule has 6 heteroatoms. The molecule has 0 saturated heterocycles. The zero-order valence-electron chi connectivity index (χ0n) is 11.5. The Kier molecular flexibility index (Phi) is 9.29. The summed E-state index contributed by atoms with van der Waals surface area (Å²) in [6, 6.07) is 8.30. The summed E-state index contributed by atoms with van der Waals surface area (Å²) in [7, 11) is 0. The van der Waals surface area contributed by atoms with Gasteiger partial charge in [-0.2, -0.15) is 0 Å². The molecule has 1 rings (SSSR count). The van der Waals surface area contributed by atoms with E-state index in [1.54, 1.807) is 37.3 Å². The molecule has 110 valence electrons. The minimum Gasteiger partial charge on any atom is -0.478 e. The Morgan fingerprint density at radius 1 is 1.10 bits per heavy atom. The van der Waals surface area contributed by atoms with E-state index in [9.17, 15) is 14.4 Å². The largest absolute Gasteiger partial charge is 0.516 e. The predicted molar refractivity (Wildman–Crippen MR) is 71.4 cm³/mol. The van der Waals surface area contributed by atoms with E-state index >= 15 is 0 Å². The number of carboxylic acid groups (broad SMARTS) is 1. The third kappa shape index (κ3) is 8.68. The average Bonchev–Trinajstić information content (AvgIpc) is 2.41. The van der Waals surface area contributed by atoms with Crippen LogP contribution in [0.2, 0.25) is 0 Å².